The van der Waals surface area contributed by atoms with E-state index < -0.39 is 18.4 Å². The molecule has 2 N–H and O–H groups in total. The highest BCUT2D eigenvalue weighted by Crippen LogP contribution is 2.60. The van der Waals surface area contributed by atoms with Crippen molar-refractivity contribution in [2.24, 2.45) is 17.8 Å². The normalized spacial score (nSPS) is 38.6. The van der Waals surface area contributed by atoms with Gasteiger partial charge in [-0.3, -0.25) is 10.1 Å². The van der Waals surface area contributed by atoms with E-state index in [1.54, 1.807) is 0 Å². The summed E-state index contributed by atoms with van der Waals surface area (Å²) in [4.78, 5) is 12.1. The maximum Gasteiger partial charge on any atom is 0.323 e. The predicted octanol–water partition coefficient (Wildman–Crippen LogP) is 3.15. The van der Waals surface area contributed by atoms with Crippen LogP contribution >= 0.6 is 0 Å². The summed E-state index contributed by atoms with van der Waals surface area (Å²) in [5.74, 6) is 0.236. The Hall–Kier alpha value is -0.990. The van der Waals surface area contributed by atoms with Crippen LogP contribution in [0.4, 0.5) is 0 Å². The molecule has 3 aliphatic rings. The van der Waals surface area contributed by atoms with E-state index in [4.69, 9.17) is 18.9 Å². The Morgan fingerprint density at radius 1 is 1.35 bits per heavy atom. The third-order valence-corrected chi connectivity index (χ3v) is 7.22. The minimum absolute atomic E-state index is 0.127. The van der Waals surface area contributed by atoms with Crippen LogP contribution in [0.25, 0.3) is 0 Å². The molecule has 31 heavy (non-hydrogen) atoms. The van der Waals surface area contributed by atoms with Crippen LogP contribution in [0.5, 0.6) is 0 Å². The molecular weight excluding hydrogens is 398 g/mol. The van der Waals surface area contributed by atoms with Gasteiger partial charge in [0.05, 0.1) is 37.1 Å². The smallest absolute Gasteiger partial charge is 0.323 e. The molecular formula is C24H41NO6. The van der Waals surface area contributed by atoms with E-state index in [9.17, 15) is 9.90 Å². The number of rotatable bonds is 10. The third-order valence-electron chi connectivity index (χ3n) is 7.22. The Kier molecular flexibility index (Phi) is 7.53. The molecule has 0 unspecified atom stereocenters. The zero-order chi connectivity index (χ0) is 23.0. The predicted molar refractivity (Wildman–Crippen MR) is 117 cm³/mol. The first-order chi connectivity index (χ1) is 14.5. The molecule has 3 rings (SSSR count). The number of hydrogen-bond acceptors (Lipinski definition) is 7. The van der Waals surface area contributed by atoms with Gasteiger partial charge < -0.3 is 24.1 Å². The number of aliphatic hydroxyl groups excluding tert-OH is 1. The van der Waals surface area contributed by atoms with Gasteiger partial charge in [-0.05, 0) is 58.3 Å². The number of epoxide rings is 2. The largest absolute Gasteiger partial charge is 0.468 e. The summed E-state index contributed by atoms with van der Waals surface area (Å²) in [6.07, 6.45) is 4.19. The molecule has 2 aliphatic heterocycles. The number of esters is 1. The van der Waals surface area contributed by atoms with Gasteiger partial charge in [-0.2, -0.15) is 0 Å². The Morgan fingerprint density at radius 3 is 2.58 bits per heavy atom. The highest BCUT2D eigenvalue weighted by molar-refractivity contribution is 5.75. The molecule has 7 heteroatoms. The fourth-order valence-corrected chi connectivity index (χ4v) is 5.55. The lowest BCUT2D eigenvalue weighted by Gasteiger charge is -2.43. The van der Waals surface area contributed by atoms with Gasteiger partial charge in [-0.15, -0.1) is 0 Å². The van der Waals surface area contributed by atoms with Gasteiger partial charge in [-0.25, -0.2) is 0 Å². The number of hydrogen-bond donors (Lipinski definition) is 2. The topological polar surface area (TPSA) is 92.9 Å². The number of allylic oxidation sites excluding steroid dienone is 1. The minimum atomic E-state index is -1.24. The van der Waals surface area contributed by atoms with E-state index >= 15 is 0 Å². The van der Waals surface area contributed by atoms with E-state index in [0.717, 1.165) is 25.9 Å². The second-order valence-corrected chi connectivity index (χ2v) is 10.4. The molecule has 8 atom stereocenters. The molecule has 0 aromatic rings. The SMILES string of the molecule is COC(=O)[C@@H](CC(C)C)N[C@@H](O)O[C@@H]1CC[C@]2(CO2)[C@@H]([C@@]2(C)O[C@@H]2CC=C(C)C)[C@@H]1C. The summed E-state index contributed by atoms with van der Waals surface area (Å²) in [5, 5.41) is 13.5. The third kappa shape index (κ3) is 5.50. The van der Waals surface area contributed by atoms with E-state index in [-0.39, 0.29) is 41.2 Å². The monoisotopic (exact) mass is 439 g/mol. The average molecular weight is 440 g/mol. The Morgan fingerprint density at radius 2 is 2.03 bits per heavy atom. The minimum Gasteiger partial charge on any atom is -0.468 e. The Bertz CT molecular complexity index is 671. The first-order valence-corrected chi connectivity index (χ1v) is 11.6. The molecule has 0 aromatic heterocycles. The summed E-state index contributed by atoms with van der Waals surface area (Å²) in [7, 11) is 1.36. The summed E-state index contributed by atoms with van der Waals surface area (Å²) in [6, 6.07) is -0.606. The maximum atomic E-state index is 12.1. The number of ether oxygens (including phenoxy) is 4. The van der Waals surface area contributed by atoms with Crippen molar-refractivity contribution < 1.29 is 28.8 Å². The van der Waals surface area contributed by atoms with Crippen molar-refractivity contribution >= 4 is 5.97 Å². The number of nitrogens with one attached hydrogen (secondary N) is 1. The van der Waals surface area contributed by atoms with Crippen molar-refractivity contribution in [2.75, 3.05) is 13.7 Å². The molecule has 1 aliphatic carbocycles. The first-order valence-electron chi connectivity index (χ1n) is 11.6. The molecule has 3 fully saturated rings. The van der Waals surface area contributed by atoms with Crippen LogP contribution in [-0.2, 0) is 23.7 Å². The van der Waals surface area contributed by atoms with Crippen LogP contribution < -0.4 is 5.32 Å². The Labute approximate surface area is 186 Å². The second kappa shape index (κ2) is 9.48. The van der Waals surface area contributed by atoms with Crippen molar-refractivity contribution in [3.63, 3.8) is 0 Å². The number of carbonyl (C=O) groups excluding carboxylic acids is 1. The van der Waals surface area contributed by atoms with Crippen molar-refractivity contribution in [3.05, 3.63) is 11.6 Å². The van der Waals surface area contributed by atoms with Crippen LogP contribution in [0.15, 0.2) is 11.6 Å². The summed E-state index contributed by atoms with van der Waals surface area (Å²) >= 11 is 0. The van der Waals surface area contributed by atoms with Gasteiger partial charge in [0, 0.05) is 5.92 Å². The molecule has 7 nitrogen and oxygen atoms in total. The van der Waals surface area contributed by atoms with Gasteiger partial charge in [-0.1, -0.05) is 32.4 Å². The van der Waals surface area contributed by atoms with Gasteiger partial charge in [0.25, 0.3) is 0 Å². The Balaban J connectivity index is 1.64. The summed E-state index contributed by atoms with van der Waals surface area (Å²) < 4.78 is 23.1. The molecule has 0 aromatic carbocycles. The molecule has 2 saturated heterocycles. The van der Waals surface area contributed by atoms with Crippen LogP contribution in [0.3, 0.4) is 0 Å². The summed E-state index contributed by atoms with van der Waals surface area (Å²) in [5.41, 5.74) is 0.927. The zero-order valence-electron chi connectivity index (χ0n) is 20.1. The standard InChI is InChI=1S/C24H41NO6/c1-14(2)8-9-19-23(6,31-19)20-16(5)18(10-11-24(20)13-29-24)30-22(27)25-17(12-15(3)4)21(26)28-7/h8,15-20,22,25,27H,9-13H2,1-7H3/t16-,17-,18-,19-,20-,22+,23+,24+/m1/s1. The molecule has 0 bridgehead atoms. The number of methoxy groups -OCH3 is 1. The fraction of sp³-hybridized carbons (Fsp3) is 0.875. The molecule has 1 saturated carbocycles. The molecule has 0 amide bonds. The summed E-state index contributed by atoms with van der Waals surface area (Å²) in [6.45, 7) is 13.4. The van der Waals surface area contributed by atoms with Crippen LogP contribution in [-0.4, -0.2) is 60.7 Å². The highest BCUT2D eigenvalue weighted by atomic mass is 16.6. The number of aliphatic hydroxyl groups is 1. The van der Waals surface area contributed by atoms with Gasteiger partial charge >= 0.3 is 5.97 Å². The van der Waals surface area contributed by atoms with Crippen LogP contribution in [0.1, 0.15) is 67.2 Å². The first kappa shape index (κ1) is 24.6. The van der Waals surface area contributed by atoms with Crippen molar-refractivity contribution in [3.8, 4) is 0 Å². The molecule has 2 heterocycles. The van der Waals surface area contributed by atoms with Crippen molar-refractivity contribution in [1.82, 2.24) is 5.32 Å². The lowest BCUT2D eigenvalue weighted by molar-refractivity contribution is -0.196. The maximum absolute atomic E-state index is 12.1. The quantitative estimate of drug-likeness (QED) is 0.234. The van der Waals surface area contributed by atoms with Crippen LogP contribution in [0.2, 0.25) is 0 Å². The molecule has 178 valence electrons. The second-order valence-electron chi connectivity index (χ2n) is 10.4. The van der Waals surface area contributed by atoms with Crippen molar-refractivity contribution in [2.45, 2.75) is 103 Å². The van der Waals surface area contributed by atoms with E-state index in [2.05, 4.69) is 39.1 Å². The highest BCUT2D eigenvalue weighted by Gasteiger charge is 2.70. The lowest BCUT2D eigenvalue weighted by atomic mass is 9.64. The molecule has 0 radical (unpaired) electrons. The van der Waals surface area contributed by atoms with Gasteiger partial charge in [0.1, 0.15) is 6.04 Å². The van der Waals surface area contributed by atoms with E-state index in [1.807, 2.05) is 13.8 Å². The van der Waals surface area contributed by atoms with E-state index in [0.29, 0.717) is 6.42 Å². The van der Waals surface area contributed by atoms with Gasteiger partial charge in [0.2, 0.25) is 6.41 Å². The van der Waals surface area contributed by atoms with Crippen molar-refractivity contribution in [1.29, 1.82) is 0 Å². The molecule has 1 spiro atoms. The number of carbonyl (C=O) groups is 1. The zero-order valence-corrected chi connectivity index (χ0v) is 20.1. The average Bonchev–Trinajstić information content (AvgIpc) is 3.59. The fourth-order valence-electron chi connectivity index (χ4n) is 5.55. The van der Waals surface area contributed by atoms with Crippen LogP contribution in [0, 0.1) is 17.8 Å². The van der Waals surface area contributed by atoms with E-state index in [1.165, 1.54) is 12.7 Å². The lowest BCUT2D eigenvalue weighted by Crippen LogP contribution is -2.53. The van der Waals surface area contributed by atoms with Gasteiger partial charge in [0.15, 0.2) is 0 Å².